The molecule has 2 N–H and O–H groups in total. The molecule has 3 heterocycles. The summed E-state index contributed by atoms with van der Waals surface area (Å²) in [5.74, 6) is -1.38. The monoisotopic (exact) mass is 643 g/mol. The number of imidazole rings is 1. The fraction of sp³-hybridized carbons (Fsp3) is 0.143. The van der Waals surface area contributed by atoms with E-state index in [4.69, 9.17) is 0 Å². The van der Waals surface area contributed by atoms with Gasteiger partial charge in [0.15, 0.2) is 11.9 Å². The van der Waals surface area contributed by atoms with Gasteiger partial charge in [-0.15, -0.1) is 5.10 Å². The van der Waals surface area contributed by atoms with Crippen LogP contribution in [0.25, 0.3) is 22.5 Å². The zero-order chi connectivity index (χ0) is 30.8. The summed E-state index contributed by atoms with van der Waals surface area (Å²) in [4.78, 5) is 33.3. The Kier molecular flexibility index (Phi) is 11.2. The standard InChI is InChI=1S/C35H29N7O3.2Na.2H/c43-34(30(25-9-3-1-4-10-25)26-11-5-2-6-12-26)42-20-19-29-31(32(42)35(44)45)41(22-36-29)21-23-15-17-24(18-16-23)27-13-7-8-14-28(27)33-37-39-40-38-33;;;;/h1-18,22,30,32H,19-21H2,(H,44,45)(H,37,38,39,40);;;;. The molecule has 0 fully saturated rings. The van der Waals surface area contributed by atoms with Crippen molar-refractivity contribution in [2.75, 3.05) is 6.54 Å². The molecule has 1 aliphatic rings. The minimum atomic E-state index is -1.17. The van der Waals surface area contributed by atoms with Crippen LogP contribution in [0.3, 0.4) is 0 Å². The molecule has 4 aromatic carbocycles. The Morgan fingerprint density at radius 1 is 0.830 bits per heavy atom. The van der Waals surface area contributed by atoms with Gasteiger partial charge in [0.05, 0.1) is 23.6 Å². The first-order valence-electron chi connectivity index (χ1n) is 14.7. The third kappa shape index (κ3) is 7.03. The number of amides is 1. The van der Waals surface area contributed by atoms with E-state index in [1.807, 2.05) is 114 Å². The van der Waals surface area contributed by atoms with Gasteiger partial charge in [-0.05, 0) is 38.2 Å². The Hall–Kier alpha value is -3.90. The van der Waals surface area contributed by atoms with E-state index in [1.54, 1.807) is 6.33 Å². The van der Waals surface area contributed by atoms with Gasteiger partial charge in [0.2, 0.25) is 5.91 Å². The summed E-state index contributed by atoms with van der Waals surface area (Å²) >= 11 is 0. The topological polar surface area (TPSA) is 130 Å². The normalized spacial score (nSPS) is 13.7. The van der Waals surface area contributed by atoms with Crippen LogP contribution in [-0.4, -0.2) is 118 Å². The summed E-state index contributed by atoms with van der Waals surface area (Å²) in [7, 11) is 0. The molecule has 10 nitrogen and oxygen atoms in total. The van der Waals surface area contributed by atoms with Crippen molar-refractivity contribution in [3.05, 3.63) is 144 Å². The second-order valence-corrected chi connectivity index (χ2v) is 11.0. The van der Waals surface area contributed by atoms with Gasteiger partial charge in [0, 0.05) is 25.1 Å². The molecular weight excluding hydrogens is 612 g/mol. The van der Waals surface area contributed by atoms with Crippen LogP contribution < -0.4 is 0 Å². The van der Waals surface area contributed by atoms with Gasteiger partial charge in [-0.2, -0.15) is 0 Å². The second kappa shape index (κ2) is 15.3. The van der Waals surface area contributed by atoms with E-state index in [9.17, 15) is 14.7 Å². The molecule has 12 heteroatoms. The number of benzene rings is 4. The number of nitrogens with zero attached hydrogens (tertiary/aromatic N) is 6. The van der Waals surface area contributed by atoms with Crippen molar-refractivity contribution in [2.24, 2.45) is 0 Å². The van der Waals surface area contributed by atoms with Crippen LogP contribution >= 0.6 is 0 Å². The maximum absolute atomic E-state index is 14.3. The molecule has 6 aromatic rings. The summed E-state index contributed by atoms with van der Waals surface area (Å²) in [6.07, 6.45) is 2.15. The van der Waals surface area contributed by atoms with Crippen LogP contribution in [0.4, 0.5) is 0 Å². The molecule has 1 atom stereocenters. The Labute approximate surface area is 315 Å². The number of aromatic nitrogens is 6. The van der Waals surface area contributed by atoms with E-state index in [2.05, 4.69) is 25.6 Å². The first kappa shape index (κ1) is 34.4. The summed E-state index contributed by atoms with van der Waals surface area (Å²) in [6.45, 7) is 0.674. The van der Waals surface area contributed by atoms with Crippen molar-refractivity contribution in [2.45, 2.75) is 24.9 Å². The summed E-state index contributed by atoms with van der Waals surface area (Å²) in [5.41, 5.74) is 6.70. The van der Waals surface area contributed by atoms with E-state index in [0.717, 1.165) is 33.4 Å². The van der Waals surface area contributed by atoms with Crippen LogP contribution in [0.15, 0.2) is 116 Å². The maximum atomic E-state index is 14.3. The predicted molar refractivity (Wildman–Crippen MR) is 181 cm³/mol. The van der Waals surface area contributed by atoms with E-state index in [1.165, 1.54) is 4.90 Å². The molecule has 226 valence electrons. The van der Waals surface area contributed by atoms with Gasteiger partial charge in [-0.25, -0.2) is 14.9 Å². The van der Waals surface area contributed by atoms with Gasteiger partial charge in [0.25, 0.3) is 0 Å². The van der Waals surface area contributed by atoms with Crippen LogP contribution in [-0.2, 0) is 22.6 Å². The van der Waals surface area contributed by atoms with Crippen molar-refractivity contribution >= 4 is 71.0 Å². The Morgan fingerprint density at radius 2 is 1.45 bits per heavy atom. The fourth-order valence-electron chi connectivity index (χ4n) is 6.19. The minimum absolute atomic E-state index is 0. The van der Waals surface area contributed by atoms with Gasteiger partial charge < -0.3 is 14.6 Å². The molecule has 0 bridgehead atoms. The first-order valence-corrected chi connectivity index (χ1v) is 14.7. The molecule has 2 aromatic heterocycles. The molecule has 0 saturated heterocycles. The Balaban J connectivity index is 0.00000217. The Bertz CT molecular complexity index is 1910. The summed E-state index contributed by atoms with van der Waals surface area (Å²) < 4.78 is 1.86. The number of carboxylic acids is 1. The number of hydrogen-bond donors (Lipinski definition) is 2. The van der Waals surface area contributed by atoms with Gasteiger partial charge in [-0.1, -0.05) is 109 Å². The summed E-state index contributed by atoms with van der Waals surface area (Å²) in [6, 6.07) is 33.8. The molecule has 1 aliphatic heterocycles. The van der Waals surface area contributed by atoms with Gasteiger partial charge >= 0.3 is 65.1 Å². The van der Waals surface area contributed by atoms with Crippen LogP contribution in [0, 0.1) is 0 Å². The van der Waals surface area contributed by atoms with Crippen molar-refractivity contribution < 1.29 is 14.7 Å². The third-order valence-electron chi connectivity index (χ3n) is 8.29. The zero-order valence-corrected chi connectivity index (χ0v) is 24.2. The number of H-pyrrole nitrogens is 1. The van der Waals surface area contributed by atoms with Crippen LogP contribution in [0.2, 0.25) is 0 Å². The van der Waals surface area contributed by atoms with Crippen molar-refractivity contribution in [3.8, 4) is 22.5 Å². The molecular formula is C35H31N7Na2O3. The number of aromatic amines is 1. The first-order chi connectivity index (χ1) is 22.1. The number of rotatable bonds is 8. The molecule has 0 saturated carbocycles. The number of aliphatic carboxylic acids is 1. The number of carbonyl (C=O) groups excluding carboxylic acids is 1. The fourth-order valence-corrected chi connectivity index (χ4v) is 6.19. The molecule has 0 spiro atoms. The molecule has 47 heavy (non-hydrogen) atoms. The molecule has 1 unspecified atom stereocenters. The van der Waals surface area contributed by atoms with Crippen LogP contribution in [0.1, 0.15) is 40.0 Å². The zero-order valence-electron chi connectivity index (χ0n) is 24.2. The number of carbonyl (C=O) groups is 2. The molecule has 1 amide bonds. The predicted octanol–water partition coefficient (Wildman–Crippen LogP) is 3.82. The molecule has 0 radical (unpaired) electrons. The number of tetrazole rings is 1. The average Bonchev–Trinajstić information content (AvgIpc) is 3.77. The number of nitrogens with one attached hydrogen (secondary N) is 1. The average molecular weight is 644 g/mol. The van der Waals surface area contributed by atoms with Gasteiger partial charge in [0.1, 0.15) is 0 Å². The van der Waals surface area contributed by atoms with E-state index in [-0.39, 0.29) is 71.6 Å². The Morgan fingerprint density at radius 3 is 2.04 bits per heavy atom. The quantitative estimate of drug-likeness (QED) is 0.241. The number of fused-ring (bicyclic) bond motifs is 1. The SMILES string of the molecule is O=C(O)C1c2c(ncn2Cc2ccc(-c3ccccc3-c3nnn[nH]3)cc2)CCN1C(=O)C(c1ccccc1)c1ccccc1.[NaH].[NaH]. The molecule has 0 aliphatic carbocycles. The van der Waals surface area contributed by atoms with E-state index < -0.39 is 17.9 Å². The second-order valence-electron chi connectivity index (χ2n) is 11.0. The number of hydrogen-bond acceptors (Lipinski definition) is 6. The van der Waals surface area contributed by atoms with Crippen LogP contribution in [0.5, 0.6) is 0 Å². The van der Waals surface area contributed by atoms with Crippen molar-refractivity contribution in [1.29, 1.82) is 0 Å². The third-order valence-corrected chi connectivity index (χ3v) is 8.29. The van der Waals surface area contributed by atoms with Crippen molar-refractivity contribution in [1.82, 2.24) is 35.1 Å². The van der Waals surface area contributed by atoms with Crippen molar-refractivity contribution in [3.63, 3.8) is 0 Å². The van der Waals surface area contributed by atoms with Gasteiger partial charge in [-0.3, -0.25) is 4.79 Å². The molecule has 7 rings (SSSR count). The van der Waals surface area contributed by atoms with E-state index >= 15 is 0 Å². The number of carboxylic acid groups (broad SMARTS) is 1. The van der Waals surface area contributed by atoms with E-state index in [0.29, 0.717) is 30.2 Å². The summed E-state index contributed by atoms with van der Waals surface area (Å²) in [5, 5.41) is 24.8.